The highest BCUT2D eigenvalue weighted by molar-refractivity contribution is 6.63. The van der Waals surface area contributed by atoms with Crippen LogP contribution in [0.15, 0.2) is 30.3 Å². The van der Waals surface area contributed by atoms with Crippen LogP contribution in [0.4, 0.5) is 8.78 Å². The van der Waals surface area contributed by atoms with Crippen molar-refractivity contribution in [2.75, 3.05) is 7.11 Å². The van der Waals surface area contributed by atoms with Gasteiger partial charge in [0.1, 0.15) is 17.4 Å². The van der Waals surface area contributed by atoms with Crippen LogP contribution in [-0.4, -0.2) is 25.4 Å². The molecule has 1 aliphatic rings. The first kappa shape index (κ1) is 19.3. The summed E-state index contributed by atoms with van der Waals surface area (Å²) in [5.74, 6) is -1.03. The molecule has 1 aliphatic heterocycles. The van der Waals surface area contributed by atoms with E-state index in [0.717, 1.165) is 6.07 Å². The van der Waals surface area contributed by atoms with E-state index >= 15 is 0 Å². The number of halogens is 2. The summed E-state index contributed by atoms with van der Waals surface area (Å²) in [6.07, 6.45) is 0. The zero-order chi connectivity index (χ0) is 20.0. The quantitative estimate of drug-likeness (QED) is 0.770. The maximum atomic E-state index is 13.7. The minimum Gasteiger partial charge on any atom is -0.497 e. The van der Waals surface area contributed by atoms with Crippen molar-refractivity contribution in [1.82, 2.24) is 0 Å². The Kier molecular flexibility index (Phi) is 4.75. The molecule has 0 N–H and O–H groups in total. The van der Waals surface area contributed by atoms with Gasteiger partial charge in [-0.25, -0.2) is 8.78 Å². The Bertz CT molecular complexity index is 901. The Hall–Kier alpha value is -2.43. The van der Waals surface area contributed by atoms with Crippen LogP contribution in [0.3, 0.4) is 0 Å². The van der Waals surface area contributed by atoms with Gasteiger partial charge in [-0.3, -0.25) is 0 Å². The predicted octanol–water partition coefficient (Wildman–Crippen LogP) is 3.81. The van der Waals surface area contributed by atoms with Crippen molar-refractivity contribution in [3.05, 3.63) is 47.5 Å². The number of hydrogen-bond acceptors (Lipinski definition) is 4. The normalized spacial score (nSPS) is 17.6. The van der Waals surface area contributed by atoms with E-state index in [9.17, 15) is 14.0 Å². The summed E-state index contributed by atoms with van der Waals surface area (Å²) in [5, 5.41) is 9.51. The molecule has 0 spiro atoms. The van der Waals surface area contributed by atoms with Gasteiger partial charge in [-0.2, -0.15) is 5.26 Å². The molecule has 1 heterocycles. The average molecular weight is 371 g/mol. The van der Waals surface area contributed by atoms with Gasteiger partial charge in [-0.05, 0) is 63.1 Å². The fourth-order valence-corrected chi connectivity index (χ4v) is 2.97. The second kappa shape index (κ2) is 6.63. The lowest BCUT2D eigenvalue weighted by Gasteiger charge is -2.32. The lowest BCUT2D eigenvalue weighted by atomic mass is 9.76. The fraction of sp³-hybridized carbons (Fsp3) is 0.350. The van der Waals surface area contributed by atoms with E-state index in [0.29, 0.717) is 16.8 Å². The number of methoxy groups -OCH3 is 1. The molecule has 0 atom stereocenters. The molecule has 0 saturated carbocycles. The molecule has 140 valence electrons. The second-order valence-electron chi connectivity index (χ2n) is 7.50. The summed E-state index contributed by atoms with van der Waals surface area (Å²) >= 11 is 0. The number of nitrogens with zero attached hydrogens (tertiary/aromatic N) is 1. The van der Waals surface area contributed by atoms with Crippen molar-refractivity contribution in [2.45, 2.75) is 38.9 Å². The average Bonchev–Trinajstić information content (AvgIpc) is 2.80. The Balaban J connectivity index is 2.17. The molecular formula is C20H20BF2NO3. The summed E-state index contributed by atoms with van der Waals surface area (Å²) in [6, 6.07) is 8.36. The molecule has 0 amide bonds. The number of rotatable bonds is 3. The van der Waals surface area contributed by atoms with Gasteiger partial charge < -0.3 is 14.0 Å². The topological polar surface area (TPSA) is 51.5 Å². The van der Waals surface area contributed by atoms with Crippen molar-refractivity contribution in [3.8, 4) is 22.9 Å². The van der Waals surface area contributed by atoms with E-state index in [1.807, 2.05) is 27.7 Å². The summed E-state index contributed by atoms with van der Waals surface area (Å²) in [4.78, 5) is 0. The molecule has 2 aromatic carbocycles. The standard InChI is InChI=1S/C20H20BF2NO3/c1-19(2)20(3,4)27-21(26-19)17-10-16(13(11-24)8-18(17)25-5)12-6-14(22)9-15(23)7-12/h6-10H,1-5H3. The number of hydrogen-bond donors (Lipinski definition) is 0. The predicted molar refractivity (Wildman–Crippen MR) is 98.8 cm³/mol. The molecule has 0 bridgehead atoms. The smallest absolute Gasteiger partial charge is 0.497 e. The summed E-state index contributed by atoms with van der Waals surface area (Å²) in [6.45, 7) is 7.69. The van der Waals surface area contributed by atoms with Gasteiger partial charge in [-0.1, -0.05) is 0 Å². The molecule has 0 radical (unpaired) electrons. The van der Waals surface area contributed by atoms with E-state index in [-0.39, 0.29) is 11.1 Å². The highest BCUT2D eigenvalue weighted by Crippen LogP contribution is 2.38. The Labute approximate surface area is 157 Å². The van der Waals surface area contributed by atoms with Gasteiger partial charge in [0.15, 0.2) is 0 Å². The van der Waals surface area contributed by atoms with Crippen molar-refractivity contribution >= 4 is 12.6 Å². The summed E-state index contributed by atoms with van der Waals surface area (Å²) in [7, 11) is 0.738. The molecule has 0 unspecified atom stereocenters. The molecule has 1 fully saturated rings. The summed E-state index contributed by atoms with van der Waals surface area (Å²) in [5.41, 5.74) is 0.279. The largest absolute Gasteiger partial charge is 0.498 e. The SMILES string of the molecule is COc1cc(C#N)c(-c2cc(F)cc(F)c2)cc1B1OC(C)(C)C(C)(C)O1. The van der Waals surface area contributed by atoms with Crippen molar-refractivity contribution < 1.29 is 22.8 Å². The van der Waals surface area contributed by atoms with Crippen molar-refractivity contribution in [3.63, 3.8) is 0 Å². The number of nitriles is 1. The number of ether oxygens (including phenoxy) is 1. The molecule has 0 aliphatic carbocycles. The van der Waals surface area contributed by atoms with Gasteiger partial charge in [-0.15, -0.1) is 0 Å². The van der Waals surface area contributed by atoms with Gasteiger partial charge in [0, 0.05) is 11.5 Å². The first-order valence-corrected chi connectivity index (χ1v) is 8.52. The Morgan fingerprint density at radius 2 is 1.52 bits per heavy atom. The molecule has 3 rings (SSSR count). The zero-order valence-corrected chi connectivity index (χ0v) is 15.9. The molecular weight excluding hydrogens is 351 g/mol. The van der Waals surface area contributed by atoms with Crippen LogP contribution in [0, 0.1) is 23.0 Å². The minimum absolute atomic E-state index is 0.233. The molecule has 2 aromatic rings. The fourth-order valence-electron chi connectivity index (χ4n) is 2.97. The first-order chi connectivity index (χ1) is 12.6. The van der Waals surface area contributed by atoms with Gasteiger partial charge in [0.2, 0.25) is 0 Å². The first-order valence-electron chi connectivity index (χ1n) is 8.52. The van der Waals surface area contributed by atoms with Crippen molar-refractivity contribution in [1.29, 1.82) is 5.26 Å². The van der Waals surface area contributed by atoms with Crippen LogP contribution in [0.2, 0.25) is 0 Å². The third-order valence-electron chi connectivity index (χ3n) is 5.17. The number of benzene rings is 2. The Morgan fingerprint density at radius 1 is 0.963 bits per heavy atom. The lowest BCUT2D eigenvalue weighted by molar-refractivity contribution is 0.00578. The Morgan fingerprint density at radius 3 is 2.00 bits per heavy atom. The van der Waals surface area contributed by atoms with E-state index < -0.39 is 30.0 Å². The van der Waals surface area contributed by atoms with Crippen LogP contribution < -0.4 is 10.2 Å². The van der Waals surface area contributed by atoms with E-state index in [2.05, 4.69) is 6.07 Å². The van der Waals surface area contributed by atoms with Gasteiger partial charge in [0.25, 0.3) is 0 Å². The van der Waals surface area contributed by atoms with Gasteiger partial charge >= 0.3 is 7.12 Å². The monoisotopic (exact) mass is 371 g/mol. The lowest BCUT2D eigenvalue weighted by Crippen LogP contribution is -2.41. The third kappa shape index (κ3) is 3.43. The van der Waals surface area contributed by atoms with E-state index in [1.54, 1.807) is 6.07 Å². The maximum Gasteiger partial charge on any atom is 0.498 e. The van der Waals surface area contributed by atoms with E-state index in [4.69, 9.17) is 14.0 Å². The molecule has 27 heavy (non-hydrogen) atoms. The van der Waals surface area contributed by atoms with Crippen LogP contribution in [0.25, 0.3) is 11.1 Å². The highest BCUT2D eigenvalue weighted by Gasteiger charge is 2.52. The molecule has 7 heteroatoms. The molecule has 0 aromatic heterocycles. The van der Waals surface area contributed by atoms with Gasteiger partial charge in [0.05, 0.1) is 29.9 Å². The third-order valence-corrected chi connectivity index (χ3v) is 5.17. The van der Waals surface area contributed by atoms with Crippen molar-refractivity contribution in [2.24, 2.45) is 0 Å². The summed E-state index contributed by atoms with van der Waals surface area (Å²) < 4.78 is 45.0. The zero-order valence-electron chi connectivity index (χ0n) is 15.9. The maximum absolute atomic E-state index is 13.7. The highest BCUT2D eigenvalue weighted by atomic mass is 19.1. The molecule has 4 nitrogen and oxygen atoms in total. The van der Waals surface area contributed by atoms with Crippen LogP contribution in [-0.2, 0) is 9.31 Å². The second-order valence-corrected chi connectivity index (χ2v) is 7.50. The molecule has 1 saturated heterocycles. The minimum atomic E-state index is -0.741. The van der Waals surface area contributed by atoms with Crippen LogP contribution >= 0.6 is 0 Å². The van der Waals surface area contributed by atoms with E-state index in [1.165, 1.54) is 25.3 Å². The van der Waals surface area contributed by atoms with Crippen LogP contribution in [0.1, 0.15) is 33.3 Å². The van der Waals surface area contributed by atoms with Crippen LogP contribution in [0.5, 0.6) is 5.75 Å².